The average Bonchev–Trinajstić information content (AvgIpc) is 3.05. The van der Waals surface area contributed by atoms with E-state index in [4.69, 9.17) is 10.5 Å². The SMILES string of the molecule is CN(C)C1(CNC(=O)[C@@H]2CC[C@H](CN)O2)CCCC1. The molecule has 1 saturated carbocycles. The van der Waals surface area contributed by atoms with Crippen LogP contribution in [-0.4, -0.2) is 55.7 Å². The molecule has 1 heterocycles. The summed E-state index contributed by atoms with van der Waals surface area (Å²) in [6, 6.07) is 0. The van der Waals surface area contributed by atoms with Crippen LogP contribution < -0.4 is 11.1 Å². The zero-order valence-corrected chi connectivity index (χ0v) is 12.2. The Bertz CT molecular complexity index is 314. The van der Waals surface area contributed by atoms with Gasteiger partial charge in [-0.3, -0.25) is 4.79 Å². The van der Waals surface area contributed by atoms with Crippen LogP contribution in [0.3, 0.4) is 0 Å². The average molecular weight is 269 g/mol. The number of hydrogen-bond donors (Lipinski definition) is 2. The summed E-state index contributed by atoms with van der Waals surface area (Å²) >= 11 is 0. The standard InChI is InChI=1S/C14H27N3O2/c1-17(2)14(7-3-4-8-14)10-16-13(18)12-6-5-11(9-15)19-12/h11-12H,3-10,15H2,1-2H3,(H,16,18)/t11-,12+/m1/s1. The molecular formula is C14H27N3O2. The van der Waals surface area contributed by atoms with Crippen LogP contribution in [-0.2, 0) is 9.53 Å². The van der Waals surface area contributed by atoms with Crippen molar-refractivity contribution in [2.75, 3.05) is 27.2 Å². The zero-order chi connectivity index (χ0) is 13.9. The number of likely N-dealkylation sites (N-methyl/N-ethyl adjacent to an activating group) is 1. The molecule has 0 bridgehead atoms. The van der Waals surface area contributed by atoms with Crippen molar-refractivity contribution in [1.82, 2.24) is 10.2 Å². The Hall–Kier alpha value is -0.650. The third kappa shape index (κ3) is 3.27. The van der Waals surface area contributed by atoms with E-state index in [0.717, 1.165) is 32.2 Å². The molecule has 1 aliphatic heterocycles. The molecule has 19 heavy (non-hydrogen) atoms. The van der Waals surface area contributed by atoms with E-state index in [1.54, 1.807) is 0 Å². The first-order valence-corrected chi connectivity index (χ1v) is 7.38. The van der Waals surface area contributed by atoms with Crippen LogP contribution in [0.5, 0.6) is 0 Å². The second-order valence-electron chi connectivity index (χ2n) is 6.10. The van der Waals surface area contributed by atoms with Gasteiger partial charge < -0.3 is 20.7 Å². The number of hydrogen-bond acceptors (Lipinski definition) is 4. The summed E-state index contributed by atoms with van der Waals surface area (Å²) in [4.78, 5) is 14.4. The first-order valence-electron chi connectivity index (χ1n) is 7.38. The van der Waals surface area contributed by atoms with E-state index >= 15 is 0 Å². The lowest BCUT2D eigenvalue weighted by Gasteiger charge is -2.36. The Balaban J connectivity index is 1.83. The van der Waals surface area contributed by atoms with Crippen LogP contribution in [0.1, 0.15) is 38.5 Å². The fourth-order valence-electron chi connectivity index (χ4n) is 3.25. The summed E-state index contributed by atoms with van der Waals surface area (Å²) in [5.74, 6) is 0.0316. The van der Waals surface area contributed by atoms with Crippen LogP contribution in [0, 0.1) is 0 Å². The summed E-state index contributed by atoms with van der Waals surface area (Å²) in [6.07, 6.45) is 6.29. The molecule has 0 radical (unpaired) electrons. The number of amides is 1. The normalized spacial score (nSPS) is 29.9. The Morgan fingerprint density at radius 1 is 1.37 bits per heavy atom. The van der Waals surface area contributed by atoms with Crippen LogP contribution in [0.2, 0.25) is 0 Å². The summed E-state index contributed by atoms with van der Waals surface area (Å²) < 4.78 is 5.63. The highest BCUT2D eigenvalue weighted by Crippen LogP contribution is 2.33. The fraction of sp³-hybridized carbons (Fsp3) is 0.929. The lowest BCUT2D eigenvalue weighted by Crippen LogP contribution is -2.52. The maximum absolute atomic E-state index is 12.1. The van der Waals surface area contributed by atoms with Gasteiger partial charge in [0.15, 0.2) is 0 Å². The second-order valence-corrected chi connectivity index (χ2v) is 6.10. The monoisotopic (exact) mass is 269 g/mol. The van der Waals surface area contributed by atoms with Crippen LogP contribution in [0.4, 0.5) is 0 Å². The molecule has 5 nitrogen and oxygen atoms in total. The molecule has 2 atom stereocenters. The van der Waals surface area contributed by atoms with Crippen molar-refractivity contribution in [2.45, 2.75) is 56.3 Å². The van der Waals surface area contributed by atoms with Crippen molar-refractivity contribution >= 4 is 5.91 Å². The summed E-state index contributed by atoms with van der Waals surface area (Å²) in [5.41, 5.74) is 5.71. The molecule has 3 N–H and O–H groups in total. The van der Waals surface area contributed by atoms with Crippen LogP contribution in [0.15, 0.2) is 0 Å². The number of nitrogens with two attached hydrogens (primary N) is 1. The molecule has 0 unspecified atom stereocenters. The molecule has 1 saturated heterocycles. The van der Waals surface area contributed by atoms with Gasteiger partial charge in [0.1, 0.15) is 6.10 Å². The fourth-order valence-corrected chi connectivity index (χ4v) is 3.25. The van der Waals surface area contributed by atoms with Gasteiger partial charge in [0, 0.05) is 18.6 Å². The summed E-state index contributed by atoms with van der Waals surface area (Å²) in [5, 5.41) is 3.09. The Morgan fingerprint density at radius 2 is 2.05 bits per heavy atom. The van der Waals surface area contributed by atoms with E-state index in [2.05, 4.69) is 24.3 Å². The van der Waals surface area contributed by atoms with Gasteiger partial charge in [-0.1, -0.05) is 12.8 Å². The van der Waals surface area contributed by atoms with E-state index in [-0.39, 0.29) is 23.7 Å². The van der Waals surface area contributed by atoms with Crippen LogP contribution in [0.25, 0.3) is 0 Å². The van der Waals surface area contributed by atoms with Gasteiger partial charge in [-0.05, 0) is 39.8 Å². The predicted octanol–water partition coefficient (Wildman–Crippen LogP) is 0.483. The van der Waals surface area contributed by atoms with Gasteiger partial charge in [-0.15, -0.1) is 0 Å². The molecule has 0 aromatic carbocycles. The maximum atomic E-state index is 12.1. The maximum Gasteiger partial charge on any atom is 0.249 e. The van der Waals surface area contributed by atoms with Crippen molar-refractivity contribution in [3.05, 3.63) is 0 Å². The number of carbonyl (C=O) groups is 1. The van der Waals surface area contributed by atoms with Crippen molar-refractivity contribution in [3.63, 3.8) is 0 Å². The van der Waals surface area contributed by atoms with Gasteiger partial charge in [0.05, 0.1) is 6.10 Å². The molecular weight excluding hydrogens is 242 g/mol. The molecule has 0 spiro atoms. The number of nitrogens with zero attached hydrogens (tertiary/aromatic N) is 1. The minimum atomic E-state index is -0.297. The molecule has 2 rings (SSSR count). The van der Waals surface area contributed by atoms with Crippen molar-refractivity contribution in [3.8, 4) is 0 Å². The number of nitrogens with one attached hydrogen (secondary N) is 1. The zero-order valence-electron chi connectivity index (χ0n) is 12.2. The van der Waals surface area contributed by atoms with Gasteiger partial charge in [-0.25, -0.2) is 0 Å². The first-order chi connectivity index (χ1) is 9.07. The highest BCUT2D eigenvalue weighted by molar-refractivity contribution is 5.81. The van der Waals surface area contributed by atoms with E-state index in [1.165, 1.54) is 12.8 Å². The third-order valence-electron chi connectivity index (χ3n) is 4.74. The molecule has 1 aliphatic carbocycles. The second kappa shape index (κ2) is 6.20. The Morgan fingerprint density at radius 3 is 2.58 bits per heavy atom. The van der Waals surface area contributed by atoms with Crippen molar-refractivity contribution in [1.29, 1.82) is 0 Å². The Labute approximate surface area is 115 Å². The molecule has 0 aromatic rings. The lowest BCUT2D eigenvalue weighted by molar-refractivity contribution is -0.132. The largest absolute Gasteiger partial charge is 0.364 e. The molecule has 0 aromatic heterocycles. The summed E-state index contributed by atoms with van der Waals surface area (Å²) in [6.45, 7) is 1.23. The van der Waals surface area contributed by atoms with Gasteiger partial charge in [0.2, 0.25) is 5.91 Å². The molecule has 5 heteroatoms. The topological polar surface area (TPSA) is 67.6 Å². The van der Waals surface area contributed by atoms with E-state index in [1.807, 2.05) is 0 Å². The molecule has 2 aliphatic rings. The Kier molecular flexibility index (Phi) is 4.81. The smallest absolute Gasteiger partial charge is 0.249 e. The summed E-state index contributed by atoms with van der Waals surface area (Å²) in [7, 11) is 4.21. The lowest BCUT2D eigenvalue weighted by atomic mass is 9.96. The van der Waals surface area contributed by atoms with Gasteiger partial charge in [0.25, 0.3) is 0 Å². The highest BCUT2D eigenvalue weighted by atomic mass is 16.5. The quantitative estimate of drug-likeness (QED) is 0.762. The molecule has 1 amide bonds. The number of rotatable bonds is 5. The number of carbonyl (C=O) groups excluding carboxylic acids is 1. The van der Waals surface area contributed by atoms with Crippen molar-refractivity contribution < 1.29 is 9.53 Å². The van der Waals surface area contributed by atoms with Crippen LogP contribution >= 0.6 is 0 Å². The molecule has 110 valence electrons. The van der Waals surface area contributed by atoms with E-state index < -0.39 is 0 Å². The van der Waals surface area contributed by atoms with Crippen molar-refractivity contribution in [2.24, 2.45) is 5.73 Å². The predicted molar refractivity (Wildman–Crippen MR) is 74.8 cm³/mol. The highest BCUT2D eigenvalue weighted by Gasteiger charge is 2.37. The minimum absolute atomic E-state index is 0.0316. The van der Waals surface area contributed by atoms with E-state index in [0.29, 0.717) is 6.54 Å². The molecule has 2 fully saturated rings. The van der Waals surface area contributed by atoms with Gasteiger partial charge >= 0.3 is 0 Å². The van der Waals surface area contributed by atoms with E-state index in [9.17, 15) is 4.79 Å². The third-order valence-corrected chi connectivity index (χ3v) is 4.74. The van der Waals surface area contributed by atoms with Gasteiger partial charge in [-0.2, -0.15) is 0 Å². The first kappa shape index (κ1) is 14.8. The number of ether oxygens (including phenoxy) is 1. The minimum Gasteiger partial charge on any atom is -0.364 e.